The summed E-state index contributed by atoms with van der Waals surface area (Å²) in [7, 11) is -2.82. The Morgan fingerprint density at radius 2 is 1.84 bits per heavy atom. The average Bonchev–Trinajstić information content (AvgIpc) is 2.38. The number of nitrogens with one attached hydrogen (secondary N) is 1. The van der Waals surface area contributed by atoms with E-state index in [-0.39, 0.29) is 0 Å². The summed E-state index contributed by atoms with van der Waals surface area (Å²) in [5.74, 6) is 0.774. The zero-order chi connectivity index (χ0) is 14.1. The highest BCUT2D eigenvalue weighted by molar-refractivity contribution is 7.90. The highest BCUT2D eigenvalue weighted by atomic mass is 32.2. The van der Waals surface area contributed by atoms with Crippen molar-refractivity contribution >= 4 is 9.84 Å². The van der Waals surface area contributed by atoms with Crippen molar-refractivity contribution in [1.82, 2.24) is 5.32 Å². The van der Waals surface area contributed by atoms with Crippen LogP contribution in [0, 0.1) is 0 Å². The topological polar surface area (TPSA) is 46.2 Å². The van der Waals surface area contributed by atoms with Crippen LogP contribution in [0.1, 0.15) is 37.7 Å². The third kappa shape index (κ3) is 7.33. The number of sulfone groups is 1. The maximum absolute atomic E-state index is 11.1. The highest BCUT2D eigenvalue weighted by Crippen LogP contribution is 2.21. The van der Waals surface area contributed by atoms with E-state index in [0.29, 0.717) is 11.7 Å². The summed E-state index contributed by atoms with van der Waals surface area (Å²) in [6.07, 6.45) is 4.05. The molecule has 0 radical (unpaired) electrons. The van der Waals surface area contributed by atoms with E-state index in [9.17, 15) is 8.42 Å². The van der Waals surface area contributed by atoms with Crippen molar-refractivity contribution in [2.75, 3.05) is 25.1 Å². The number of unbranched alkanes of at least 4 members (excludes halogenated alkanes) is 1. The van der Waals surface area contributed by atoms with E-state index >= 15 is 0 Å². The van der Waals surface area contributed by atoms with Crippen molar-refractivity contribution in [2.45, 2.75) is 32.1 Å². The Kier molecular flexibility index (Phi) is 7.10. The Labute approximate surface area is 117 Å². The minimum absolute atomic E-state index is 0.301. The monoisotopic (exact) mass is 283 g/mol. The van der Waals surface area contributed by atoms with E-state index in [1.54, 1.807) is 0 Å². The molecule has 1 atom stereocenters. The predicted octanol–water partition coefficient (Wildman–Crippen LogP) is 2.59. The molecule has 0 heterocycles. The zero-order valence-corrected chi connectivity index (χ0v) is 12.7. The lowest BCUT2D eigenvalue weighted by atomic mass is 9.93. The molecule has 0 bridgehead atoms. The first-order valence-electron chi connectivity index (χ1n) is 6.96. The quantitative estimate of drug-likeness (QED) is 0.709. The predicted molar refractivity (Wildman–Crippen MR) is 81.3 cm³/mol. The number of hydrogen-bond donors (Lipinski definition) is 1. The van der Waals surface area contributed by atoms with Gasteiger partial charge in [-0.1, -0.05) is 43.7 Å². The van der Waals surface area contributed by atoms with Crippen molar-refractivity contribution in [2.24, 2.45) is 0 Å². The molecular weight excluding hydrogens is 258 g/mol. The minimum Gasteiger partial charge on any atom is -0.316 e. The van der Waals surface area contributed by atoms with Crippen LogP contribution >= 0.6 is 0 Å². The Balaban J connectivity index is 2.47. The Morgan fingerprint density at radius 3 is 2.42 bits per heavy atom. The van der Waals surface area contributed by atoms with E-state index in [0.717, 1.165) is 32.4 Å². The second-order valence-corrected chi connectivity index (χ2v) is 7.30. The molecule has 0 saturated carbocycles. The molecule has 1 unspecified atom stereocenters. The van der Waals surface area contributed by atoms with Gasteiger partial charge in [0.25, 0.3) is 0 Å². The Morgan fingerprint density at radius 1 is 1.16 bits per heavy atom. The van der Waals surface area contributed by atoms with Crippen LogP contribution in [0.4, 0.5) is 0 Å². The van der Waals surface area contributed by atoms with Gasteiger partial charge in [-0.3, -0.25) is 0 Å². The fourth-order valence-corrected chi connectivity index (χ4v) is 2.91. The molecule has 1 N–H and O–H groups in total. The van der Waals surface area contributed by atoms with Gasteiger partial charge < -0.3 is 5.32 Å². The summed E-state index contributed by atoms with van der Waals surface area (Å²) in [6, 6.07) is 10.4. The van der Waals surface area contributed by atoms with Gasteiger partial charge in [0.05, 0.1) is 0 Å². The lowest BCUT2D eigenvalue weighted by Crippen LogP contribution is -2.21. The largest absolute Gasteiger partial charge is 0.316 e. The summed E-state index contributed by atoms with van der Waals surface area (Å²) in [4.78, 5) is 0. The van der Waals surface area contributed by atoms with Crippen LogP contribution in [0.2, 0.25) is 0 Å². The van der Waals surface area contributed by atoms with Gasteiger partial charge >= 0.3 is 0 Å². The number of rotatable bonds is 9. The zero-order valence-electron chi connectivity index (χ0n) is 11.9. The van der Waals surface area contributed by atoms with Gasteiger partial charge in [-0.15, -0.1) is 0 Å². The minimum atomic E-state index is -2.82. The summed E-state index contributed by atoms with van der Waals surface area (Å²) < 4.78 is 22.2. The fraction of sp³-hybridized carbons (Fsp3) is 0.600. The van der Waals surface area contributed by atoms with Crippen LogP contribution in [0.5, 0.6) is 0 Å². The Hall–Kier alpha value is -0.870. The summed E-state index contributed by atoms with van der Waals surface area (Å²) in [5.41, 5.74) is 1.34. The third-order valence-electron chi connectivity index (χ3n) is 3.23. The first kappa shape index (κ1) is 16.2. The molecule has 0 saturated heterocycles. The van der Waals surface area contributed by atoms with Crippen molar-refractivity contribution in [3.05, 3.63) is 35.9 Å². The second kappa shape index (κ2) is 8.33. The number of hydrogen-bond acceptors (Lipinski definition) is 3. The molecule has 0 spiro atoms. The first-order chi connectivity index (χ1) is 9.03. The molecule has 4 heteroatoms. The second-order valence-electron chi connectivity index (χ2n) is 5.04. The van der Waals surface area contributed by atoms with Crippen LogP contribution in [-0.4, -0.2) is 33.5 Å². The maximum Gasteiger partial charge on any atom is 0.147 e. The lowest BCUT2D eigenvalue weighted by Gasteiger charge is -2.17. The number of likely N-dealkylation sites (N-methyl/N-ethyl adjacent to an activating group) is 1. The van der Waals surface area contributed by atoms with Gasteiger partial charge in [0.1, 0.15) is 9.84 Å². The van der Waals surface area contributed by atoms with Gasteiger partial charge in [0, 0.05) is 18.6 Å². The molecule has 3 nitrogen and oxygen atoms in total. The summed E-state index contributed by atoms with van der Waals surface area (Å²) in [6.45, 7) is 4.03. The molecule has 0 amide bonds. The van der Waals surface area contributed by atoms with Gasteiger partial charge in [-0.2, -0.15) is 0 Å². The van der Waals surface area contributed by atoms with Crippen molar-refractivity contribution in [1.29, 1.82) is 0 Å². The first-order valence-corrected chi connectivity index (χ1v) is 9.02. The molecule has 0 aliphatic heterocycles. The molecule has 1 aromatic rings. The van der Waals surface area contributed by atoms with E-state index in [1.807, 2.05) is 6.07 Å². The van der Waals surface area contributed by atoms with E-state index in [1.165, 1.54) is 11.8 Å². The fourth-order valence-electron chi connectivity index (χ4n) is 2.19. The number of benzene rings is 1. The molecular formula is C15H25NO2S. The van der Waals surface area contributed by atoms with Gasteiger partial charge in [0.2, 0.25) is 0 Å². The van der Waals surface area contributed by atoms with Crippen molar-refractivity contribution in [3.63, 3.8) is 0 Å². The molecule has 0 fully saturated rings. The van der Waals surface area contributed by atoms with Gasteiger partial charge in [-0.05, 0) is 30.9 Å². The third-order valence-corrected chi connectivity index (χ3v) is 4.26. The molecule has 0 aliphatic carbocycles. The molecule has 1 rings (SSSR count). The van der Waals surface area contributed by atoms with Crippen LogP contribution in [0.25, 0.3) is 0 Å². The van der Waals surface area contributed by atoms with Gasteiger partial charge in [0.15, 0.2) is 0 Å². The van der Waals surface area contributed by atoms with Crippen molar-refractivity contribution in [3.8, 4) is 0 Å². The van der Waals surface area contributed by atoms with E-state index in [4.69, 9.17) is 0 Å². The SMILES string of the molecule is CCNCC(CCCCS(C)(=O)=O)c1ccccc1. The maximum atomic E-state index is 11.1. The molecule has 19 heavy (non-hydrogen) atoms. The van der Waals surface area contributed by atoms with Crippen LogP contribution in [0.3, 0.4) is 0 Å². The lowest BCUT2D eigenvalue weighted by molar-refractivity contribution is 0.535. The molecule has 108 valence electrons. The highest BCUT2D eigenvalue weighted by Gasteiger charge is 2.11. The van der Waals surface area contributed by atoms with E-state index in [2.05, 4.69) is 36.5 Å². The van der Waals surface area contributed by atoms with Crippen LogP contribution in [0.15, 0.2) is 30.3 Å². The summed E-state index contributed by atoms with van der Waals surface area (Å²) in [5, 5.41) is 3.39. The molecule has 0 aliphatic rings. The average molecular weight is 283 g/mol. The molecule has 0 aromatic heterocycles. The smallest absolute Gasteiger partial charge is 0.147 e. The standard InChI is InChI=1S/C15H25NO2S/c1-3-16-13-15(14-9-5-4-6-10-14)11-7-8-12-19(2,17)18/h4-6,9-10,15-16H,3,7-8,11-13H2,1-2H3. The van der Waals surface area contributed by atoms with Gasteiger partial charge in [-0.25, -0.2) is 8.42 Å². The normalized spacial score (nSPS) is 13.4. The summed E-state index contributed by atoms with van der Waals surface area (Å²) >= 11 is 0. The van der Waals surface area contributed by atoms with Crippen LogP contribution in [-0.2, 0) is 9.84 Å². The van der Waals surface area contributed by atoms with Crippen LogP contribution < -0.4 is 5.32 Å². The molecule has 1 aromatic carbocycles. The van der Waals surface area contributed by atoms with Crippen molar-refractivity contribution < 1.29 is 8.42 Å². The van der Waals surface area contributed by atoms with E-state index < -0.39 is 9.84 Å². The Bertz CT molecular complexity index is 442.